The van der Waals surface area contributed by atoms with Crippen LogP contribution < -0.4 is 5.32 Å². The van der Waals surface area contributed by atoms with Gasteiger partial charge in [0.15, 0.2) is 0 Å². The molecule has 1 saturated heterocycles. The van der Waals surface area contributed by atoms with Crippen molar-refractivity contribution in [3.8, 4) is 5.75 Å². The van der Waals surface area contributed by atoms with Crippen molar-refractivity contribution in [3.05, 3.63) is 29.3 Å². The summed E-state index contributed by atoms with van der Waals surface area (Å²) in [7, 11) is 0. The third-order valence-electron chi connectivity index (χ3n) is 4.26. The van der Waals surface area contributed by atoms with Crippen LogP contribution in [-0.4, -0.2) is 35.7 Å². The lowest BCUT2D eigenvalue weighted by Crippen LogP contribution is -2.43. The molecule has 0 aliphatic carbocycles. The Hall–Kier alpha value is -1.06. The second-order valence-electron chi connectivity index (χ2n) is 6.07. The molecule has 3 heteroatoms. The van der Waals surface area contributed by atoms with Crippen molar-refractivity contribution in [2.45, 2.75) is 52.1 Å². The predicted molar refractivity (Wildman–Crippen MR) is 84.1 cm³/mol. The largest absolute Gasteiger partial charge is 0.508 e. The molecule has 1 fully saturated rings. The third kappa shape index (κ3) is 3.97. The van der Waals surface area contributed by atoms with Gasteiger partial charge in [0.2, 0.25) is 0 Å². The molecule has 1 aliphatic rings. The number of aromatic hydroxyl groups is 1. The van der Waals surface area contributed by atoms with Crippen LogP contribution in [0.4, 0.5) is 0 Å². The Labute approximate surface area is 123 Å². The molecule has 0 spiro atoms. The molecule has 1 heterocycles. The molecule has 1 aromatic carbocycles. The van der Waals surface area contributed by atoms with Gasteiger partial charge in [-0.1, -0.05) is 24.6 Å². The molecular formula is C17H28N2O. The van der Waals surface area contributed by atoms with Crippen LogP contribution in [0.25, 0.3) is 0 Å². The van der Waals surface area contributed by atoms with Crippen molar-refractivity contribution < 1.29 is 5.11 Å². The van der Waals surface area contributed by atoms with Gasteiger partial charge >= 0.3 is 0 Å². The Bertz CT molecular complexity index is 425. The lowest BCUT2D eigenvalue weighted by Gasteiger charge is -2.34. The molecule has 20 heavy (non-hydrogen) atoms. The maximum atomic E-state index is 10.00. The highest BCUT2D eigenvalue weighted by atomic mass is 16.3. The van der Waals surface area contributed by atoms with Crippen molar-refractivity contribution in [2.75, 3.05) is 19.6 Å². The van der Waals surface area contributed by atoms with Gasteiger partial charge < -0.3 is 15.3 Å². The normalized spacial score (nSPS) is 19.1. The van der Waals surface area contributed by atoms with Crippen molar-refractivity contribution in [2.24, 2.45) is 0 Å². The highest BCUT2D eigenvalue weighted by Crippen LogP contribution is 2.26. The monoisotopic (exact) mass is 276 g/mol. The molecule has 0 amide bonds. The highest BCUT2D eigenvalue weighted by molar-refractivity contribution is 5.37. The van der Waals surface area contributed by atoms with Gasteiger partial charge in [0.1, 0.15) is 5.75 Å². The van der Waals surface area contributed by atoms with Crippen LogP contribution in [0.5, 0.6) is 5.75 Å². The fraction of sp³-hybridized carbons (Fsp3) is 0.647. The maximum absolute atomic E-state index is 10.00. The molecule has 1 aromatic rings. The molecule has 1 atom stereocenters. The third-order valence-corrected chi connectivity index (χ3v) is 4.26. The Balaban J connectivity index is 1.89. The zero-order chi connectivity index (χ0) is 14.5. The number of hydrogen-bond acceptors (Lipinski definition) is 3. The van der Waals surface area contributed by atoms with Crippen LogP contribution in [0.1, 0.15) is 50.3 Å². The van der Waals surface area contributed by atoms with E-state index in [0.29, 0.717) is 11.8 Å². The second-order valence-corrected chi connectivity index (χ2v) is 6.07. The van der Waals surface area contributed by atoms with Gasteiger partial charge in [-0.2, -0.15) is 0 Å². The Kier molecular flexibility index (Phi) is 5.44. The van der Waals surface area contributed by atoms with E-state index >= 15 is 0 Å². The Morgan fingerprint density at radius 2 is 2.05 bits per heavy atom. The number of benzene rings is 1. The molecule has 2 N–H and O–H groups in total. The lowest BCUT2D eigenvalue weighted by molar-refractivity contribution is 0.192. The maximum Gasteiger partial charge on any atom is 0.120 e. The molecule has 0 aromatic heterocycles. The number of phenolic OH excluding ortho intramolecular Hbond substituents is 1. The van der Waals surface area contributed by atoms with Gasteiger partial charge in [-0.05, 0) is 58.8 Å². The van der Waals surface area contributed by atoms with E-state index in [0.717, 1.165) is 5.56 Å². The Morgan fingerprint density at radius 1 is 1.35 bits per heavy atom. The molecule has 1 aliphatic heterocycles. The number of aryl methyl sites for hydroxylation is 1. The van der Waals surface area contributed by atoms with Gasteiger partial charge in [-0.15, -0.1) is 0 Å². The van der Waals surface area contributed by atoms with Crippen LogP contribution in [0.2, 0.25) is 0 Å². The van der Waals surface area contributed by atoms with Crippen LogP contribution in [0.3, 0.4) is 0 Å². The predicted octanol–water partition coefficient (Wildman–Crippen LogP) is 3.23. The van der Waals surface area contributed by atoms with E-state index in [1.165, 1.54) is 44.5 Å². The molecule has 3 nitrogen and oxygen atoms in total. The average molecular weight is 276 g/mol. The SMILES string of the molecule is CCCN1CCC(NC(C)c2cc(C)ccc2O)CC1. The number of likely N-dealkylation sites (tertiary alicyclic amines) is 1. The molecular weight excluding hydrogens is 248 g/mol. The van der Waals surface area contributed by atoms with E-state index in [4.69, 9.17) is 0 Å². The summed E-state index contributed by atoms with van der Waals surface area (Å²) in [5.41, 5.74) is 2.21. The van der Waals surface area contributed by atoms with E-state index < -0.39 is 0 Å². The summed E-state index contributed by atoms with van der Waals surface area (Å²) in [6.07, 6.45) is 3.65. The van der Waals surface area contributed by atoms with E-state index in [2.05, 4.69) is 37.1 Å². The minimum atomic E-state index is 0.206. The van der Waals surface area contributed by atoms with Crippen molar-refractivity contribution >= 4 is 0 Å². The average Bonchev–Trinajstić information content (AvgIpc) is 2.44. The first-order valence-electron chi connectivity index (χ1n) is 7.88. The topological polar surface area (TPSA) is 35.5 Å². The molecule has 1 unspecified atom stereocenters. The summed E-state index contributed by atoms with van der Waals surface area (Å²) in [4.78, 5) is 2.55. The number of hydrogen-bond donors (Lipinski definition) is 2. The zero-order valence-corrected chi connectivity index (χ0v) is 13.0. The number of phenols is 1. The fourth-order valence-corrected chi connectivity index (χ4v) is 3.10. The van der Waals surface area contributed by atoms with E-state index in [9.17, 15) is 5.11 Å². The Morgan fingerprint density at radius 3 is 2.70 bits per heavy atom. The van der Waals surface area contributed by atoms with Crippen molar-refractivity contribution in [1.82, 2.24) is 10.2 Å². The van der Waals surface area contributed by atoms with Gasteiger partial charge in [0, 0.05) is 17.6 Å². The quantitative estimate of drug-likeness (QED) is 0.866. The number of rotatable bonds is 5. The standard InChI is InChI=1S/C17H28N2O/c1-4-9-19-10-7-15(8-11-19)18-14(3)16-12-13(2)5-6-17(16)20/h5-6,12,14-15,18,20H,4,7-11H2,1-3H3. The van der Waals surface area contributed by atoms with Crippen molar-refractivity contribution in [3.63, 3.8) is 0 Å². The van der Waals surface area contributed by atoms with Crippen LogP contribution in [-0.2, 0) is 0 Å². The van der Waals surface area contributed by atoms with E-state index in [1.54, 1.807) is 6.07 Å². The lowest BCUT2D eigenvalue weighted by atomic mass is 10.00. The van der Waals surface area contributed by atoms with Crippen LogP contribution in [0.15, 0.2) is 18.2 Å². The molecule has 112 valence electrons. The fourth-order valence-electron chi connectivity index (χ4n) is 3.10. The number of nitrogens with zero attached hydrogens (tertiary/aromatic N) is 1. The number of nitrogens with one attached hydrogen (secondary N) is 1. The van der Waals surface area contributed by atoms with Crippen LogP contribution in [0, 0.1) is 6.92 Å². The minimum absolute atomic E-state index is 0.206. The van der Waals surface area contributed by atoms with E-state index in [-0.39, 0.29) is 6.04 Å². The summed E-state index contributed by atoms with van der Waals surface area (Å²) in [5.74, 6) is 0.402. The minimum Gasteiger partial charge on any atom is -0.508 e. The first-order valence-corrected chi connectivity index (χ1v) is 7.88. The zero-order valence-electron chi connectivity index (χ0n) is 13.0. The molecule has 0 saturated carbocycles. The van der Waals surface area contributed by atoms with Gasteiger partial charge in [-0.3, -0.25) is 0 Å². The summed E-state index contributed by atoms with van der Waals surface area (Å²) >= 11 is 0. The molecule has 0 bridgehead atoms. The highest BCUT2D eigenvalue weighted by Gasteiger charge is 2.21. The summed E-state index contributed by atoms with van der Waals surface area (Å²) < 4.78 is 0. The molecule has 0 radical (unpaired) electrons. The number of piperidine rings is 1. The van der Waals surface area contributed by atoms with E-state index in [1.807, 2.05) is 6.07 Å². The van der Waals surface area contributed by atoms with Gasteiger partial charge in [0.05, 0.1) is 0 Å². The van der Waals surface area contributed by atoms with Crippen LogP contribution >= 0.6 is 0 Å². The van der Waals surface area contributed by atoms with Gasteiger partial charge in [0.25, 0.3) is 0 Å². The van der Waals surface area contributed by atoms with Gasteiger partial charge in [-0.25, -0.2) is 0 Å². The smallest absolute Gasteiger partial charge is 0.120 e. The van der Waals surface area contributed by atoms with Crippen molar-refractivity contribution in [1.29, 1.82) is 0 Å². The summed E-state index contributed by atoms with van der Waals surface area (Å²) in [6.45, 7) is 10.1. The summed E-state index contributed by atoms with van der Waals surface area (Å²) in [5, 5.41) is 13.7. The second kappa shape index (κ2) is 7.09. The first kappa shape index (κ1) is 15.3. The first-order chi connectivity index (χ1) is 9.60. The summed E-state index contributed by atoms with van der Waals surface area (Å²) in [6, 6.07) is 6.61. The molecule has 2 rings (SSSR count).